The molecule has 1 unspecified atom stereocenters. The van der Waals surface area contributed by atoms with E-state index in [0.717, 1.165) is 24.0 Å². The summed E-state index contributed by atoms with van der Waals surface area (Å²) >= 11 is 0. The molecular weight excluding hydrogens is 288 g/mol. The van der Waals surface area contributed by atoms with Crippen LogP contribution in [-0.4, -0.2) is 18.4 Å². The van der Waals surface area contributed by atoms with Crippen molar-refractivity contribution in [3.8, 4) is 0 Å². The van der Waals surface area contributed by atoms with E-state index in [0.29, 0.717) is 13.0 Å². The van der Waals surface area contributed by atoms with Crippen LogP contribution >= 0.6 is 0 Å². The van der Waals surface area contributed by atoms with Crippen molar-refractivity contribution >= 4 is 11.8 Å². The van der Waals surface area contributed by atoms with Gasteiger partial charge in [-0.2, -0.15) is 0 Å². The Morgan fingerprint density at radius 3 is 2.61 bits per heavy atom. The second kappa shape index (κ2) is 7.23. The molecule has 0 fully saturated rings. The maximum atomic E-state index is 12.0. The van der Waals surface area contributed by atoms with Crippen LogP contribution in [0.3, 0.4) is 0 Å². The Morgan fingerprint density at radius 2 is 1.78 bits per heavy atom. The van der Waals surface area contributed by atoms with Crippen molar-refractivity contribution in [1.82, 2.24) is 0 Å². The lowest BCUT2D eigenvalue weighted by Gasteiger charge is -2.10. The van der Waals surface area contributed by atoms with E-state index >= 15 is 0 Å². The fraction of sp³-hybridized carbons (Fsp3) is 0.300. The lowest BCUT2D eigenvalue weighted by atomic mass is 9.98. The Labute approximate surface area is 136 Å². The minimum Gasteiger partial charge on any atom is -0.466 e. The maximum Gasteiger partial charge on any atom is 0.306 e. The van der Waals surface area contributed by atoms with Crippen LogP contribution in [0.25, 0.3) is 0 Å². The highest BCUT2D eigenvalue weighted by atomic mass is 16.5. The number of fused-ring (bicyclic) bond motifs is 1. The molecule has 0 amide bonds. The largest absolute Gasteiger partial charge is 0.466 e. The molecule has 23 heavy (non-hydrogen) atoms. The van der Waals surface area contributed by atoms with Crippen molar-refractivity contribution in [2.45, 2.75) is 31.6 Å². The van der Waals surface area contributed by atoms with Gasteiger partial charge in [0.15, 0.2) is 5.78 Å². The lowest BCUT2D eigenvalue weighted by molar-refractivity contribution is -0.144. The normalized spacial score (nSPS) is 16.2. The molecule has 1 aliphatic rings. The number of Topliss-reactive ketones (excluding diaryl/α,β-unsaturated/α-hetero) is 1. The van der Waals surface area contributed by atoms with E-state index in [1.165, 1.54) is 5.56 Å². The Morgan fingerprint density at radius 1 is 1.04 bits per heavy atom. The smallest absolute Gasteiger partial charge is 0.306 e. The van der Waals surface area contributed by atoms with Gasteiger partial charge in [0.1, 0.15) is 0 Å². The van der Waals surface area contributed by atoms with Crippen molar-refractivity contribution in [3.05, 3.63) is 71.3 Å². The monoisotopic (exact) mass is 308 g/mol. The molecule has 2 aromatic rings. The predicted octanol–water partition coefficient (Wildman–Crippen LogP) is 3.92. The van der Waals surface area contributed by atoms with E-state index < -0.39 is 0 Å². The van der Waals surface area contributed by atoms with Crippen LogP contribution in [0.1, 0.15) is 46.7 Å². The van der Waals surface area contributed by atoms with Crippen LogP contribution in [0.4, 0.5) is 0 Å². The SMILES string of the molecule is O=C(CC1CC(=O)c2ccccc21)OCCCc1ccccc1. The van der Waals surface area contributed by atoms with Crippen molar-refractivity contribution in [1.29, 1.82) is 0 Å². The number of hydrogen-bond acceptors (Lipinski definition) is 3. The van der Waals surface area contributed by atoms with Crippen LogP contribution in [0.5, 0.6) is 0 Å². The van der Waals surface area contributed by atoms with Crippen molar-refractivity contribution in [3.63, 3.8) is 0 Å². The Kier molecular flexibility index (Phi) is 4.86. The quantitative estimate of drug-likeness (QED) is 0.600. The molecule has 0 radical (unpaired) electrons. The number of ketones is 1. The van der Waals surface area contributed by atoms with Crippen LogP contribution in [-0.2, 0) is 16.0 Å². The first-order valence-corrected chi connectivity index (χ1v) is 8.05. The average Bonchev–Trinajstić information content (AvgIpc) is 2.89. The average molecular weight is 308 g/mol. The molecule has 3 nitrogen and oxygen atoms in total. The molecule has 1 aliphatic carbocycles. The second-order valence-electron chi connectivity index (χ2n) is 5.93. The fourth-order valence-electron chi connectivity index (χ4n) is 3.10. The van der Waals surface area contributed by atoms with Gasteiger partial charge in [0.05, 0.1) is 13.0 Å². The molecule has 0 heterocycles. The molecule has 118 valence electrons. The summed E-state index contributed by atoms with van der Waals surface area (Å²) in [6, 6.07) is 17.7. The molecule has 3 rings (SSSR count). The minimum absolute atomic E-state index is 0.0275. The van der Waals surface area contributed by atoms with Gasteiger partial charge in [-0.25, -0.2) is 0 Å². The number of carbonyl (C=O) groups is 2. The lowest BCUT2D eigenvalue weighted by Crippen LogP contribution is -2.10. The zero-order valence-corrected chi connectivity index (χ0v) is 13.0. The van der Waals surface area contributed by atoms with Gasteiger partial charge in [-0.3, -0.25) is 9.59 Å². The summed E-state index contributed by atoms with van der Waals surface area (Å²) in [5.74, 6) is -0.115. The third kappa shape index (κ3) is 3.86. The molecule has 0 bridgehead atoms. The summed E-state index contributed by atoms with van der Waals surface area (Å²) in [6.07, 6.45) is 2.42. The zero-order chi connectivity index (χ0) is 16.1. The first-order valence-electron chi connectivity index (χ1n) is 8.05. The standard InChI is InChI=1S/C20H20O3/c21-19-13-16(17-10-4-5-11-18(17)19)14-20(22)23-12-6-9-15-7-2-1-3-8-15/h1-5,7-8,10-11,16H,6,9,12-14H2. The summed E-state index contributed by atoms with van der Waals surface area (Å²) in [5.41, 5.74) is 2.99. The second-order valence-corrected chi connectivity index (χ2v) is 5.93. The van der Waals surface area contributed by atoms with E-state index in [9.17, 15) is 9.59 Å². The number of hydrogen-bond donors (Lipinski definition) is 0. The van der Waals surface area contributed by atoms with Crippen molar-refractivity contribution in [2.75, 3.05) is 6.61 Å². The summed E-state index contributed by atoms with van der Waals surface area (Å²) in [4.78, 5) is 23.9. The molecule has 0 spiro atoms. The van der Waals surface area contributed by atoms with Crippen LogP contribution in [0.2, 0.25) is 0 Å². The molecule has 0 N–H and O–H groups in total. The number of aryl methyl sites for hydroxylation is 1. The zero-order valence-electron chi connectivity index (χ0n) is 13.0. The van der Waals surface area contributed by atoms with Crippen molar-refractivity contribution < 1.29 is 14.3 Å². The molecule has 0 saturated carbocycles. The summed E-state index contributed by atoms with van der Waals surface area (Å²) in [7, 11) is 0. The Bertz CT molecular complexity index is 691. The third-order valence-electron chi connectivity index (χ3n) is 4.26. The summed E-state index contributed by atoms with van der Waals surface area (Å²) < 4.78 is 5.33. The topological polar surface area (TPSA) is 43.4 Å². The van der Waals surface area contributed by atoms with Gasteiger partial charge in [0.2, 0.25) is 0 Å². The van der Waals surface area contributed by atoms with E-state index in [1.54, 1.807) is 0 Å². The van der Waals surface area contributed by atoms with Crippen LogP contribution in [0, 0.1) is 0 Å². The number of esters is 1. The van der Waals surface area contributed by atoms with E-state index in [4.69, 9.17) is 4.74 Å². The highest BCUT2D eigenvalue weighted by molar-refractivity contribution is 6.01. The molecular formula is C20H20O3. The first kappa shape index (κ1) is 15.5. The Hall–Kier alpha value is -2.42. The number of benzene rings is 2. The Balaban J connectivity index is 1.44. The van der Waals surface area contributed by atoms with Gasteiger partial charge in [0, 0.05) is 17.9 Å². The molecule has 3 heteroatoms. The highest BCUT2D eigenvalue weighted by Gasteiger charge is 2.30. The molecule has 1 atom stereocenters. The molecule has 0 aliphatic heterocycles. The van der Waals surface area contributed by atoms with Crippen molar-refractivity contribution in [2.24, 2.45) is 0 Å². The summed E-state index contributed by atoms with van der Waals surface area (Å²) in [5, 5.41) is 0. The van der Waals surface area contributed by atoms with Gasteiger partial charge < -0.3 is 4.74 Å². The number of carbonyl (C=O) groups excluding carboxylic acids is 2. The van der Waals surface area contributed by atoms with Gasteiger partial charge in [-0.1, -0.05) is 54.6 Å². The van der Waals surface area contributed by atoms with E-state index in [1.807, 2.05) is 42.5 Å². The molecule has 0 saturated heterocycles. The molecule has 2 aromatic carbocycles. The highest BCUT2D eigenvalue weighted by Crippen LogP contribution is 2.35. The van der Waals surface area contributed by atoms with Gasteiger partial charge in [-0.05, 0) is 24.0 Å². The van der Waals surface area contributed by atoms with Gasteiger partial charge in [0.25, 0.3) is 0 Å². The van der Waals surface area contributed by atoms with E-state index in [2.05, 4.69) is 12.1 Å². The number of ether oxygens (including phenoxy) is 1. The third-order valence-corrected chi connectivity index (χ3v) is 4.26. The first-order chi connectivity index (χ1) is 11.2. The van der Waals surface area contributed by atoms with Crippen LogP contribution in [0.15, 0.2) is 54.6 Å². The van der Waals surface area contributed by atoms with Crippen LogP contribution < -0.4 is 0 Å². The van der Waals surface area contributed by atoms with Gasteiger partial charge in [-0.15, -0.1) is 0 Å². The fourth-order valence-corrected chi connectivity index (χ4v) is 3.10. The van der Waals surface area contributed by atoms with E-state index in [-0.39, 0.29) is 24.1 Å². The minimum atomic E-state index is -0.215. The predicted molar refractivity (Wildman–Crippen MR) is 88.5 cm³/mol. The molecule has 0 aromatic heterocycles. The summed E-state index contributed by atoms with van der Waals surface area (Å²) in [6.45, 7) is 0.427. The maximum absolute atomic E-state index is 12.0. The number of rotatable bonds is 6. The van der Waals surface area contributed by atoms with Gasteiger partial charge >= 0.3 is 5.97 Å².